The number of fused-ring (bicyclic) bond motifs is 1. The van der Waals surface area contributed by atoms with Crippen LogP contribution in [0.2, 0.25) is 0 Å². The molecule has 0 atom stereocenters. The van der Waals surface area contributed by atoms with E-state index >= 15 is 0 Å². The molecule has 0 saturated heterocycles. The number of anilines is 1. The minimum absolute atomic E-state index is 0.349. The number of imide groups is 1. The lowest BCUT2D eigenvalue weighted by molar-refractivity contribution is -0.113. The Labute approximate surface area is 146 Å². The lowest BCUT2D eigenvalue weighted by Crippen LogP contribution is -2.41. The van der Waals surface area contributed by atoms with E-state index in [0.29, 0.717) is 41.4 Å². The highest BCUT2D eigenvalue weighted by Crippen LogP contribution is 2.32. The summed E-state index contributed by atoms with van der Waals surface area (Å²) in [6.45, 7) is 4.73. The first kappa shape index (κ1) is 16.8. The molecule has 128 valence electrons. The molecular weight excluding hydrogens is 318 g/mol. The first-order valence-electron chi connectivity index (χ1n) is 8.20. The number of nitrogens with zero attached hydrogens (tertiary/aromatic N) is 1. The van der Waals surface area contributed by atoms with Crippen LogP contribution in [-0.2, 0) is 9.53 Å². The molecule has 0 unspecified atom stereocenters. The number of rotatable bonds is 5. The van der Waals surface area contributed by atoms with E-state index in [1.165, 1.54) is 11.2 Å². The van der Waals surface area contributed by atoms with Crippen LogP contribution in [0.25, 0.3) is 5.57 Å². The molecule has 1 heterocycles. The fourth-order valence-corrected chi connectivity index (χ4v) is 2.73. The standard InChI is InChI=1S/C20H19NO4/c1-3-24-13-18-16-7-5-6-8-17(16)19(22)21(20(18)23)14-9-11-15(12-10-14)25-4-2/h5-13H,3-4H2,1-2H3/b18-13+. The van der Waals surface area contributed by atoms with Gasteiger partial charge in [-0.3, -0.25) is 9.59 Å². The first-order valence-corrected chi connectivity index (χ1v) is 8.20. The van der Waals surface area contributed by atoms with Gasteiger partial charge in [-0.1, -0.05) is 18.2 Å². The molecule has 2 aromatic carbocycles. The molecule has 0 aliphatic carbocycles. The summed E-state index contributed by atoms with van der Waals surface area (Å²) in [6, 6.07) is 13.9. The Morgan fingerprint density at radius 2 is 1.56 bits per heavy atom. The fraction of sp³-hybridized carbons (Fsp3) is 0.200. The predicted octanol–water partition coefficient (Wildman–Crippen LogP) is 3.65. The highest BCUT2D eigenvalue weighted by atomic mass is 16.5. The Hall–Kier alpha value is -3.08. The molecule has 3 rings (SSSR count). The van der Waals surface area contributed by atoms with Gasteiger partial charge in [0.05, 0.1) is 30.7 Å². The molecule has 5 nitrogen and oxygen atoms in total. The first-order chi connectivity index (χ1) is 12.2. The molecule has 1 aliphatic heterocycles. The zero-order valence-corrected chi connectivity index (χ0v) is 14.2. The summed E-state index contributed by atoms with van der Waals surface area (Å²) in [5.41, 5.74) is 1.93. The van der Waals surface area contributed by atoms with Crippen molar-refractivity contribution in [1.29, 1.82) is 0 Å². The fourth-order valence-electron chi connectivity index (χ4n) is 2.73. The quantitative estimate of drug-likeness (QED) is 0.475. The Morgan fingerprint density at radius 1 is 0.880 bits per heavy atom. The summed E-state index contributed by atoms with van der Waals surface area (Å²) >= 11 is 0. The number of hydrogen-bond donors (Lipinski definition) is 0. The molecule has 2 amide bonds. The van der Waals surface area contributed by atoms with Gasteiger partial charge in [-0.25, -0.2) is 4.90 Å². The molecule has 0 fully saturated rings. The van der Waals surface area contributed by atoms with E-state index in [4.69, 9.17) is 9.47 Å². The second kappa shape index (κ2) is 7.21. The number of carbonyl (C=O) groups excluding carboxylic acids is 2. The van der Waals surface area contributed by atoms with Gasteiger partial charge in [0.25, 0.3) is 11.8 Å². The Bertz CT molecular complexity index is 824. The smallest absolute Gasteiger partial charge is 0.269 e. The van der Waals surface area contributed by atoms with Gasteiger partial charge in [0.15, 0.2) is 0 Å². The highest BCUT2D eigenvalue weighted by Gasteiger charge is 2.36. The normalized spacial score (nSPS) is 15.3. The van der Waals surface area contributed by atoms with Gasteiger partial charge in [-0.15, -0.1) is 0 Å². The summed E-state index contributed by atoms with van der Waals surface area (Å²) in [7, 11) is 0. The summed E-state index contributed by atoms with van der Waals surface area (Å²) in [5, 5.41) is 0. The van der Waals surface area contributed by atoms with E-state index in [1.807, 2.05) is 13.8 Å². The maximum absolute atomic E-state index is 12.9. The molecule has 0 spiro atoms. The molecule has 2 aromatic rings. The minimum atomic E-state index is -0.402. The van der Waals surface area contributed by atoms with Crippen molar-refractivity contribution in [3.63, 3.8) is 0 Å². The minimum Gasteiger partial charge on any atom is -0.501 e. The van der Waals surface area contributed by atoms with E-state index < -0.39 is 5.91 Å². The lowest BCUT2D eigenvalue weighted by Gasteiger charge is -2.28. The van der Waals surface area contributed by atoms with Crippen LogP contribution in [0, 0.1) is 0 Å². The predicted molar refractivity (Wildman–Crippen MR) is 95.5 cm³/mol. The van der Waals surface area contributed by atoms with Gasteiger partial charge >= 0.3 is 0 Å². The lowest BCUT2D eigenvalue weighted by atomic mass is 9.94. The summed E-state index contributed by atoms with van der Waals surface area (Å²) in [5.74, 6) is -0.0617. The van der Waals surface area contributed by atoms with Gasteiger partial charge in [-0.05, 0) is 44.2 Å². The van der Waals surface area contributed by atoms with Crippen LogP contribution in [0.1, 0.15) is 29.8 Å². The van der Waals surface area contributed by atoms with Gasteiger partial charge in [0.1, 0.15) is 5.75 Å². The molecule has 0 bridgehead atoms. The topological polar surface area (TPSA) is 55.8 Å². The van der Waals surface area contributed by atoms with Crippen molar-refractivity contribution in [3.05, 3.63) is 65.9 Å². The van der Waals surface area contributed by atoms with E-state index in [9.17, 15) is 9.59 Å². The summed E-state index contributed by atoms with van der Waals surface area (Å²) < 4.78 is 10.7. The molecular formula is C20H19NO4. The zero-order valence-electron chi connectivity index (χ0n) is 14.2. The Morgan fingerprint density at radius 3 is 2.20 bits per heavy atom. The number of hydrogen-bond acceptors (Lipinski definition) is 4. The van der Waals surface area contributed by atoms with Crippen molar-refractivity contribution >= 4 is 23.1 Å². The number of benzene rings is 2. The van der Waals surface area contributed by atoms with Crippen LogP contribution in [-0.4, -0.2) is 25.0 Å². The van der Waals surface area contributed by atoms with Gasteiger partial charge in [0.2, 0.25) is 0 Å². The number of carbonyl (C=O) groups is 2. The maximum Gasteiger partial charge on any atom is 0.269 e. The van der Waals surface area contributed by atoms with Crippen molar-refractivity contribution in [2.45, 2.75) is 13.8 Å². The van der Waals surface area contributed by atoms with Crippen LogP contribution in [0.4, 0.5) is 5.69 Å². The van der Waals surface area contributed by atoms with E-state index in [2.05, 4.69) is 0 Å². The largest absolute Gasteiger partial charge is 0.501 e. The Kier molecular flexibility index (Phi) is 4.84. The van der Waals surface area contributed by atoms with Crippen molar-refractivity contribution in [2.75, 3.05) is 18.1 Å². The number of amides is 2. The molecule has 0 radical (unpaired) electrons. The summed E-state index contributed by atoms with van der Waals surface area (Å²) in [4.78, 5) is 27.0. The zero-order chi connectivity index (χ0) is 17.8. The molecule has 1 aliphatic rings. The van der Waals surface area contributed by atoms with E-state index in [0.717, 1.165) is 0 Å². The van der Waals surface area contributed by atoms with E-state index in [-0.39, 0.29) is 5.91 Å². The van der Waals surface area contributed by atoms with Crippen LogP contribution < -0.4 is 9.64 Å². The molecule has 25 heavy (non-hydrogen) atoms. The highest BCUT2D eigenvalue weighted by molar-refractivity contribution is 6.40. The molecule has 5 heteroatoms. The Balaban J connectivity index is 2.05. The summed E-state index contributed by atoms with van der Waals surface area (Å²) in [6.07, 6.45) is 1.43. The SMILES string of the molecule is CCO/C=C1/C(=O)N(c2ccc(OCC)cc2)C(=O)c2ccccc21. The average molecular weight is 337 g/mol. The van der Waals surface area contributed by atoms with Crippen LogP contribution in [0.5, 0.6) is 5.75 Å². The van der Waals surface area contributed by atoms with Gasteiger partial charge in [-0.2, -0.15) is 0 Å². The molecule has 0 N–H and O–H groups in total. The molecule has 0 saturated carbocycles. The second-order valence-corrected chi connectivity index (χ2v) is 5.41. The second-order valence-electron chi connectivity index (χ2n) is 5.41. The number of ether oxygens (including phenoxy) is 2. The van der Waals surface area contributed by atoms with Crippen molar-refractivity contribution in [1.82, 2.24) is 0 Å². The van der Waals surface area contributed by atoms with Crippen LogP contribution in [0.15, 0.2) is 54.8 Å². The maximum atomic E-state index is 12.9. The molecule has 0 aromatic heterocycles. The third kappa shape index (κ3) is 3.13. The monoisotopic (exact) mass is 337 g/mol. The van der Waals surface area contributed by atoms with Crippen molar-refractivity contribution < 1.29 is 19.1 Å². The van der Waals surface area contributed by atoms with E-state index in [1.54, 1.807) is 48.5 Å². The van der Waals surface area contributed by atoms with Crippen molar-refractivity contribution in [3.8, 4) is 5.75 Å². The third-order valence-electron chi connectivity index (χ3n) is 3.86. The van der Waals surface area contributed by atoms with Crippen LogP contribution in [0.3, 0.4) is 0 Å². The van der Waals surface area contributed by atoms with Crippen LogP contribution >= 0.6 is 0 Å². The van der Waals surface area contributed by atoms with Crippen molar-refractivity contribution in [2.24, 2.45) is 0 Å². The average Bonchev–Trinajstić information content (AvgIpc) is 2.63. The van der Waals surface area contributed by atoms with Gasteiger partial charge in [0, 0.05) is 11.1 Å². The van der Waals surface area contributed by atoms with Gasteiger partial charge < -0.3 is 9.47 Å². The third-order valence-corrected chi connectivity index (χ3v) is 3.86.